The number of anilines is 1. The predicted octanol–water partition coefficient (Wildman–Crippen LogP) is 2.02. The van der Waals surface area contributed by atoms with Gasteiger partial charge in [-0.1, -0.05) is 23.9 Å². The van der Waals surface area contributed by atoms with Crippen molar-refractivity contribution < 1.29 is 28.7 Å². The molecule has 0 aliphatic carbocycles. The second kappa shape index (κ2) is 9.90. The highest BCUT2D eigenvalue weighted by Gasteiger charge is 2.29. The molecule has 0 saturated carbocycles. The minimum absolute atomic E-state index is 0.0656. The summed E-state index contributed by atoms with van der Waals surface area (Å²) >= 11 is 1.05. The van der Waals surface area contributed by atoms with Gasteiger partial charge >= 0.3 is 5.97 Å². The van der Waals surface area contributed by atoms with Gasteiger partial charge in [0.2, 0.25) is 5.91 Å². The molecule has 1 aliphatic rings. The normalized spacial score (nSPS) is 15.2. The number of esters is 1. The fourth-order valence-electron chi connectivity index (χ4n) is 2.70. The van der Waals surface area contributed by atoms with Gasteiger partial charge in [0.25, 0.3) is 5.91 Å². The Hall–Kier alpha value is -3.66. The highest BCUT2D eigenvalue weighted by Crippen LogP contribution is 2.23. The Labute approximate surface area is 182 Å². The number of methoxy groups -OCH3 is 1. The molecule has 0 spiro atoms. The van der Waals surface area contributed by atoms with Crippen LogP contribution in [0.25, 0.3) is 0 Å². The number of hydrogen-bond acceptors (Lipinski definition) is 8. The van der Waals surface area contributed by atoms with Crippen molar-refractivity contribution in [2.75, 3.05) is 19.0 Å². The van der Waals surface area contributed by atoms with E-state index in [2.05, 4.69) is 10.3 Å². The Kier molecular flexibility index (Phi) is 7.03. The van der Waals surface area contributed by atoms with Crippen molar-refractivity contribution in [3.63, 3.8) is 0 Å². The van der Waals surface area contributed by atoms with Gasteiger partial charge in [0.15, 0.2) is 17.6 Å². The molecule has 160 valence electrons. The number of ether oxygens (including phenoxy) is 2. The lowest BCUT2D eigenvalue weighted by Gasteiger charge is -2.09. The van der Waals surface area contributed by atoms with E-state index in [1.54, 1.807) is 24.3 Å². The Morgan fingerprint density at radius 3 is 2.52 bits per heavy atom. The summed E-state index contributed by atoms with van der Waals surface area (Å²) in [5.74, 6) is -1.31. The molecule has 0 fully saturated rings. The fourth-order valence-corrected chi connectivity index (χ4v) is 3.52. The maximum Gasteiger partial charge on any atom is 0.338 e. The quantitative estimate of drug-likeness (QED) is 0.469. The number of hydrogen-bond donors (Lipinski definition) is 2. The third-order valence-electron chi connectivity index (χ3n) is 4.26. The van der Waals surface area contributed by atoms with Crippen molar-refractivity contribution in [3.05, 3.63) is 59.7 Å². The zero-order chi connectivity index (χ0) is 22.4. The van der Waals surface area contributed by atoms with Crippen molar-refractivity contribution in [1.82, 2.24) is 0 Å². The van der Waals surface area contributed by atoms with Crippen LogP contribution >= 0.6 is 11.8 Å². The molecule has 0 unspecified atom stereocenters. The van der Waals surface area contributed by atoms with Crippen molar-refractivity contribution in [2.45, 2.75) is 11.7 Å². The molecule has 0 bridgehead atoms. The maximum absolute atomic E-state index is 12.2. The van der Waals surface area contributed by atoms with Gasteiger partial charge < -0.3 is 20.5 Å². The largest absolute Gasteiger partial charge is 0.497 e. The molecular weight excluding hydrogens is 422 g/mol. The van der Waals surface area contributed by atoms with E-state index in [0.29, 0.717) is 17.0 Å². The third kappa shape index (κ3) is 5.92. The molecule has 1 aliphatic heterocycles. The van der Waals surface area contributed by atoms with E-state index >= 15 is 0 Å². The van der Waals surface area contributed by atoms with Crippen molar-refractivity contribution in [3.8, 4) is 5.75 Å². The predicted molar refractivity (Wildman–Crippen MR) is 115 cm³/mol. The summed E-state index contributed by atoms with van der Waals surface area (Å²) in [6.07, 6.45) is -0.0656. The molecule has 0 aromatic heterocycles. The van der Waals surface area contributed by atoms with E-state index in [1.165, 1.54) is 31.4 Å². The molecular formula is C21H19N3O6S. The van der Waals surface area contributed by atoms with E-state index < -0.39 is 23.7 Å². The van der Waals surface area contributed by atoms with Crippen molar-refractivity contribution in [1.29, 1.82) is 0 Å². The van der Waals surface area contributed by atoms with Crippen molar-refractivity contribution in [2.24, 2.45) is 10.7 Å². The van der Waals surface area contributed by atoms with E-state index in [9.17, 15) is 19.2 Å². The molecule has 0 radical (unpaired) electrons. The third-order valence-corrected chi connectivity index (χ3v) is 5.25. The number of rotatable bonds is 8. The average molecular weight is 441 g/mol. The van der Waals surface area contributed by atoms with Crippen LogP contribution in [0, 0.1) is 0 Å². The number of amides is 2. The number of Topliss-reactive ketones (excluding diaryl/α,β-unsaturated/α-hetero) is 1. The molecule has 31 heavy (non-hydrogen) atoms. The highest BCUT2D eigenvalue weighted by molar-refractivity contribution is 8.15. The smallest absolute Gasteiger partial charge is 0.338 e. The summed E-state index contributed by atoms with van der Waals surface area (Å²) in [5, 5.41) is 2.16. The summed E-state index contributed by atoms with van der Waals surface area (Å²) in [5.41, 5.74) is 6.50. The summed E-state index contributed by atoms with van der Waals surface area (Å²) < 4.78 is 10.1. The van der Waals surface area contributed by atoms with E-state index in [0.717, 1.165) is 11.8 Å². The van der Waals surface area contributed by atoms with Gasteiger partial charge in [-0.15, -0.1) is 0 Å². The second-order valence-electron chi connectivity index (χ2n) is 6.46. The van der Waals surface area contributed by atoms with Crippen LogP contribution in [0.3, 0.4) is 0 Å². The number of nitrogens with two attached hydrogens (primary N) is 1. The topological polar surface area (TPSA) is 137 Å². The van der Waals surface area contributed by atoms with Gasteiger partial charge in [-0.05, 0) is 36.4 Å². The SMILES string of the molecule is COc1cccc(C(=O)COC(=O)c2ccc(NC(=O)C[C@@H]3SC(N)=NC3=O)cc2)c1. The van der Waals surface area contributed by atoms with Crippen LogP contribution in [0.5, 0.6) is 5.75 Å². The van der Waals surface area contributed by atoms with Gasteiger partial charge in [0.1, 0.15) is 11.0 Å². The van der Waals surface area contributed by atoms with Gasteiger partial charge in [0.05, 0.1) is 12.7 Å². The number of thioether (sulfide) groups is 1. The lowest BCUT2D eigenvalue weighted by atomic mass is 10.1. The number of carbonyl (C=O) groups excluding carboxylic acids is 4. The van der Waals surface area contributed by atoms with Gasteiger partial charge in [-0.3, -0.25) is 14.4 Å². The van der Waals surface area contributed by atoms with E-state index in [1.807, 2.05) is 0 Å². The molecule has 0 saturated heterocycles. The Morgan fingerprint density at radius 2 is 1.87 bits per heavy atom. The minimum atomic E-state index is -0.672. The fraction of sp³-hybridized carbons (Fsp3) is 0.190. The molecule has 2 aromatic rings. The molecule has 10 heteroatoms. The van der Waals surface area contributed by atoms with Gasteiger partial charge in [0, 0.05) is 17.7 Å². The minimum Gasteiger partial charge on any atom is -0.497 e. The molecule has 1 atom stereocenters. The van der Waals surface area contributed by atoms with E-state index in [4.69, 9.17) is 15.2 Å². The summed E-state index contributed by atoms with van der Waals surface area (Å²) in [6, 6.07) is 12.5. The van der Waals surface area contributed by atoms with Crippen LogP contribution < -0.4 is 15.8 Å². The van der Waals surface area contributed by atoms with Crippen LogP contribution in [0.1, 0.15) is 27.1 Å². The molecule has 9 nitrogen and oxygen atoms in total. The standard InChI is InChI=1S/C21H19N3O6S/c1-29-15-4-2-3-13(9-15)16(25)11-30-20(28)12-5-7-14(8-6-12)23-18(26)10-17-19(27)24-21(22)31-17/h2-9,17H,10-11H2,1H3,(H,23,26)(H2,22,24,27)/t17-/m0/s1. The van der Waals surface area contributed by atoms with Crippen LogP contribution in [-0.2, 0) is 14.3 Å². The molecule has 1 heterocycles. The second-order valence-corrected chi connectivity index (χ2v) is 7.68. The first-order chi connectivity index (χ1) is 14.9. The van der Waals surface area contributed by atoms with Crippen molar-refractivity contribution >= 4 is 46.2 Å². The summed E-state index contributed by atoms with van der Waals surface area (Å²) in [6.45, 7) is -0.414. The lowest BCUT2D eigenvalue weighted by Crippen LogP contribution is -2.21. The monoisotopic (exact) mass is 441 g/mol. The van der Waals surface area contributed by atoms with Crippen LogP contribution in [0.15, 0.2) is 53.5 Å². The van der Waals surface area contributed by atoms with Gasteiger partial charge in [-0.2, -0.15) is 4.99 Å². The first kappa shape index (κ1) is 22.0. The Bertz CT molecular complexity index is 1050. The summed E-state index contributed by atoms with van der Waals surface area (Å²) in [7, 11) is 1.49. The van der Waals surface area contributed by atoms with Crippen LogP contribution in [0.2, 0.25) is 0 Å². The summed E-state index contributed by atoms with van der Waals surface area (Å²) in [4.78, 5) is 51.6. The molecule has 2 aromatic carbocycles. The number of ketones is 1. The number of nitrogens with one attached hydrogen (secondary N) is 1. The highest BCUT2D eigenvalue weighted by atomic mass is 32.2. The number of nitrogens with zero attached hydrogens (tertiary/aromatic N) is 1. The van der Waals surface area contributed by atoms with Crippen LogP contribution in [-0.4, -0.2) is 47.7 Å². The Balaban J connectivity index is 1.50. The molecule has 3 N–H and O–H groups in total. The maximum atomic E-state index is 12.2. The van der Waals surface area contributed by atoms with Gasteiger partial charge in [-0.25, -0.2) is 4.79 Å². The number of carbonyl (C=O) groups is 4. The van der Waals surface area contributed by atoms with Crippen LogP contribution in [0.4, 0.5) is 5.69 Å². The number of aliphatic imine (C=N–C) groups is 1. The van der Waals surface area contributed by atoms with E-state index in [-0.39, 0.29) is 28.8 Å². The lowest BCUT2D eigenvalue weighted by molar-refractivity contribution is -0.121. The molecule has 2 amide bonds. The zero-order valence-electron chi connectivity index (χ0n) is 16.5. The number of amidine groups is 1. The Morgan fingerprint density at radius 1 is 1.13 bits per heavy atom. The average Bonchev–Trinajstić information content (AvgIpc) is 3.08. The zero-order valence-corrected chi connectivity index (χ0v) is 17.3. The molecule has 3 rings (SSSR count). The first-order valence-corrected chi connectivity index (χ1v) is 10.0. The first-order valence-electron chi connectivity index (χ1n) is 9.14. The number of benzene rings is 2.